The third kappa shape index (κ3) is 2.19. The van der Waals surface area contributed by atoms with Crippen LogP contribution in [0.2, 0.25) is 0 Å². The maximum atomic E-state index is 5.98. The lowest BCUT2D eigenvalue weighted by Gasteiger charge is -2.24. The third-order valence-electron chi connectivity index (χ3n) is 3.80. The first-order chi connectivity index (χ1) is 8.74. The predicted molar refractivity (Wildman–Crippen MR) is 72.5 cm³/mol. The Labute approximate surface area is 109 Å². The highest BCUT2D eigenvalue weighted by Crippen LogP contribution is 2.33. The summed E-state index contributed by atoms with van der Waals surface area (Å²) >= 11 is 0. The van der Waals surface area contributed by atoms with Gasteiger partial charge in [-0.2, -0.15) is 0 Å². The van der Waals surface area contributed by atoms with Gasteiger partial charge in [0.1, 0.15) is 11.9 Å². The average Bonchev–Trinajstić information content (AvgIpc) is 2.97. The zero-order valence-electron chi connectivity index (χ0n) is 11.2. The SMILES string of the molecule is CC(C)N1CCc2ccc(O[C@H]3CCOC3)cc21. The van der Waals surface area contributed by atoms with Crippen LogP contribution in [0.25, 0.3) is 0 Å². The van der Waals surface area contributed by atoms with Crippen LogP contribution < -0.4 is 9.64 Å². The Bertz CT molecular complexity index is 425. The summed E-state index contributed by atoms with van der Waals surface area (Å²) in [5.41, 5.74) is 2.79. The Morgan fingerprint density at radius 3 is 3.00 bits per heavy atom. The van der Waals surface area contributed by atoms with Gasteiger partial charge in [-0.3, -0.25) is 0 Å². The van der Waals surface area contributed by atoms with Crippen molar-refractivity contribution in [3.8, 4) is 5.75 Å². The Balaban J connectivity index is 1.79. The van der Waals surface area contributed by atoms with E-state index in [1.807, 2.05) is 0 Å². The van der Waals surface area contributed by atoms with Gasteiger partial charge in [-0.25, -0.2) is 0 Å². The summed E-state index contributed by atoms with van der Waals surface area (Å²) in [7, 11) is 0. The standard InChI is InChI=1S/C15H21NO2/c1-11(2)16-7-5-12-3-4-13(9-15(12)16)18-14-6-8-17-10-14/h3-4,9,11,14H,5-8,10H2,1-2H3/t14-/m0/s1. The lowest BCUT2D eigenvalue weighted by Crippen LogP contribution is -2.28. The minimum atomic E-state index is 0.233. The number of benzene rings is 1. The van der Waals surface area contributed by atoms with Crippen LogP contribution in [0.15, 0.2) is 18.2 Å². The van der Waals surface area contributed by atoms with Gasteiger partial charge in [0.25, 0.3) is 0 Å². The van der Waals surface area contributed by atoms with E-state index in [9.17, 15) is 0 Å². The molecule has 0 aliphatic carbocycles. The molecule has 2 heterocycles. The fourth-order valence-electron chi connectivity index (χ4n) is 2.79. The van der Waals surface area contributed by atoms with Gasteiger partial charge in [-0.1, -0.05) is 6.07 Å². The molecule has 3 heteroatoms. The van der Waals surface area contributed by atoms with Crippen LogP contribution in [0.5, 0.6) is 5.75 Å². The van der Waals surface area contributed by atoms with Gasteiger partial charge in [0.2, 0.25) is 0 Å². The smallest absolute Gasteiger partial charge is 0.124 e. The first-order valence-corrected chi connectivity index (χ1v) is 6.88. The predicted octanol–water partition coefficient (Wildman–Crippen LogP) is 2.63. The van der Waals surface area contributed by atoms with Crippen molar-refractivity contribution in [1.29, 1.82) is 0 Å². The molecule has 0 spiro atoms. The van der Waals surface area contributed by atoms with Crippen LogP contribution in [0.1, 0.15) is 25.8 Å². The van der Waals surface area contributed by atoms with Crippen LogP contribution >= 0.6 is 0 Å². The van der Waals surface area contributed by atoms with Gasteiger partial charge in [-0.15, -0.1) is 0 Å². The summed E-state index contributed by atoms with van der Waals surface area (Å²) in [5, 5.41) is 0. The topological polar surface area (TPSA) is 21.7 Å². The minimum absolute atomic E-state index is 0.233. The Morgan fingerprint density at radius 1 is 1.39 bits per heavy atom. The Morgan fingerprint density at radius 2 is 2.28 bits per heavy atom. The fourth-order valence-corrected chi connectivity index (χ4v) is 2.79. The molecule has 2 aliphatic rings. The molecule has 0 aromatic heterocycles. The highest BCUT2D eigenvalue weighted by molar-refractivity contribution is 5.61. The van der Waals surface area contributed by atoms with Gasteiger partial charge in [0.15, 0.2) is 0 Å². The van der Waals surface area contributed by atoms with Crippen molar-refractivity contribution in [3.63, 3.8) is 0 Å². The molecule has 1 atom stereocenters. The van der Waals surface area contributed by atoms with Crippen molar-refractivity contribution in [2.24, 2.45) is 0 Å². The summed E-state index contributed by atoms with van der Waals surface area (Å²) in [6.45, 7) is 7.17. The fraction of sp³-hybridized carbons (Fsp3) is 0.600. The summed E-state index contributed by atoms with van der Waals surface area (Å²) < 4.78 is 11.3. The third-order valence-corrected chi connectivity index (χ3v) is 3.80. The van der Waals surface area contributed by atoms with E-state index in [1.165, 1.54) is 11.3 Å². The number of hydrogen-bond acceptors (Lipinski definition) is 3. The molecule has 0 amide bonds. The summed E-state index contributed by atoms with van der Waals surface area (Å²) in [4.78, 5) is 2.45. The molecule has 0 N–H and O–H groups in total. The van der Waals surface area contributed by atoms with Gasteiger partial charge < -0.3 is 14.4 Å². The normalized spacial score (nSPS) is 22.6. The molecule has 1 aromatic rings. The van der Waals surface area contributed by atoms with Crippen LogP contribution in [0.4, 0.5) is 5.69 Å². The molecule has 3 rings (SSSR count). The number of fused-ring (bicyclic) bond motifs is 1. The second kappa shape index (κ2) is 4.81. The largest absolute Gasteiger partial charge is 0.488 e. The number of hydrogen-bond donors (Lipinski definition) is 0. The number of anilines is 1. The van der Waals surface area contributed by atoms with E-state index in [0.29, 0.717) is 6.04 Å². The molecular weight excluding hydrogens is 226 g/mol. The number of rotatable bonds is 3. The van der Waals surface area contributed by atoms with Crippen LogP contribution in [-0.2, 0) is 11.2 Å². The zero-order chi connectivity index (χ0) is 12.5. The molecule has 98 valence electrons. The van der Waals surface area contributed by atoms with Gasteiger partial charge in [0.05, 0.1) is 13.2 Å². The van der Waals surface area contributed by atoms with E-state index in [4.69, 9.17) is 9.47 Å². The average molecular weight is 247 g/mol. The second-order valence-electron chi connectivity index (χ2n) is 5.43. The lowest BCUT2D eigenvalue weighted by atomic mass is 10.1. The first kappa shape index (κ1) is 11.8. The van der Waals surface area contributed by atoms with Crippen molar-refractivity contribution >= 4 is 5.69 Å². The monoisotopic (exact) mass is 247 g/mol. The van der Waals surface area contributed by atoms with Crippen molar-refractivity contribution in [1.82, 2.24) is 0 Å². The molecule has 0 bridgehead atoms. The molecule has 3 nitrogen and oxygen atoms in total. The van der Waals surface area contributed by atoms with Crippen molar-refractivity contribution in [3.05, 3.63) is 23.8 Å². The van der Waals surface area contributed by atoms with Gasteiger partial charge in [-0.05, 0) is 31.9 Å². The zero-order valence-corrected chi connectivity index (χ0v) is 11.2. The van der Waals surface area contributed by atoms with E-state index in [-0.39, 0.29) is 6.10 Å². The molecule has 0 unspecified atom stereocenters. The lowest BCUT2D eigenvalue weighted by molar-refractivity contribution is 0.141. The molecule has 18 heavy (non-hydrogen) atoms. The Hall–Kier alpha value is -1.22. The molecule has 1 aromatic carbocycles. The summed E-state index contributed by atoms with van der Waals surface area (Å²) in [6.07, 6.45) is 2.39. The molecule has 1 fully saturated rings. The maximum absolute atomic E-state index is 5.98. The van der Waals surface area contributed by atoms with Gasteiger partial charge >= 0.3 is 0 Å². The Kier molecular flexibility index (Phi) is 3.16. The number of nitrogens with zero attached hydrogens (tertiary/aromatic N) is 1. The van der Waals surface area contributed by atoms with E-state index in [0.717, 1.165) is 38.3 Å². The van der Waals surface area contributed by atoms with Crippen molar-refractivity contribution < 1.29 is 9.47 Å². The molecule has 0 radical (unpaired) electrons. The van der Waals surface area contributed by atoms with Crippen LogP contribution in [0.3, 0.4) is 0 Å². The highest BCUT2D eigenvalue weighted by Gasteiger charge is 2.23. The first-order valence-electron chi connectivity index (χ1n) is 6.88. The van der Waals surface area contributed by atoms with Crippen molar-refractivity contribution in [2.75, 3.05) is 24.7 Å². The van der Waals surface area contributed by atoms with E-state index in [2.05, 4.69) is 36.9 Å². The van der Waals surface area contributed by atoms with Crippen molar-refractivity contribution in [2.45, 2.75) is 38.8 Å². The van der Waals surface area contributed by atoms with Crippen LogP contribution in [0, 0.1) is 0 Å². The molecule has 0 saturated carbocycles. The second-order valence-corrected chi connectivity index (χ2v) is 5.43. The summed E-state index contributed by atoms with van der Waals surface area (Å²) in [6, 6.07) is 7.06. The quantitative estimate of drug-likeness (QED) is 0.819. The van der Waals surface area contributed by atoms with E-state index < -0.39 is 0 Å². The van der Waals surface area contributed by atoms with Gasteiger partial charge in [0, 0.05) is 30.8 Å². The van der Waals surface area contributed by atoms with E-state index >= 15 is 0 Å². The summed E-state index contributed by atoms with van der Waals surface area (Å²) in [5.74, 6) is 0.983. The van der Waals surface area contributed by atoms with Crippen LogP contribution in [-0.4, -0.2) is 31.9 Å². The molecule has 1 saturated heterocycles. The number of ether oxygens (including phenoxy) is 2. The molecular formula is C15H21NO2. The minimum Gasteiger partial charge on any atom is -0.488 e. The van der Waals surface area contributed by atoms with E-state index in [1.54, 1.807) is 0 Å². The highest BCUT2D eigenvalue weighted by atomic mass is 16.5. The molecule has 2 aliphatic heterocycles. The maximum Gasteiger partial charge on any atom is 0.124 e.